The third kappa shape index (κ3) is 3.02. The first kappa shape index (κ1) is 21.7. The fourth-order valence-electron chi connectivity index (χ4n) is 6.49. The van der Waals surface area contributed by atoms with Crippen LogP contribution in [0.1, 0.15) is 0 Å². The number of benzene rings is 6. The summed E-state index contributed by atoms with van der Waals surface area (Å²) in [7, 11) is 0. The molecule has 1 aromatic heterocycles. The SMILES string of the molecule is c1ccc(-c2ccc3c(c2)B2Oc4ccc(-n5c6ccccc6c6ccccc65)cc4-c4cccc(c42)O3)cc1. The topological polar surface area (TPSA) is 23.4 Å². The maximum absolute atomic E-state index is 6.82. The minimum absolute atomic E-state index is 0.231. The molecule has 2 aliphatic heterocycles. The maximum atomic E-state index is 6.82. The lowest BCUT2D eigenvalue weighted by Crippen LogP contribution is -2.53. The van der Waals surface area contributed by atoms with E-state index < -0.39 is 0 Å². The Morgan fingerprint density at radius 1 is 0.500 bits per heavy atom. The van der Waals surface area contributed by atoms with E-state index in [1.54, 1.807) is 0 Å². The van der Waals surface area contributed by atoms with Crippen molar-refractivity contribution in [2.75, 3.05) is 0 Å². The summed E-state index contributed by atoms with van der Waals surface area (Å²) in [5, 5.41) is 2.51. The standard InChI is InChI=1S/C36H22BNO2/c1-2-9-23(10-3-1)24-17-19-34-30(21-24)37-36-28(13-8-16-35(36)39-34)29-22-25(18-20-33(29)40-37)38-31-14-6-4-11-26(31)27-12-5-7-15-32(27)38/h1-22H. The highest BCUT2D eigenvalue weighted by Crippen LogP contribution is 2.41. The molecule has 0 atom stereocenters. The number of nitrogens with zero attached hydrogens (tertiary/aromatic N) is 1. The molecule has 3 nitrogen and oxygen atoms in total. The number of hydrogen-bond donors (Lipinski definition) is 0. The number of ether oxygens (including phenoxy) is 1. The van der Waals surface area contributed by atoms with E-state index in [1.807, 2.05) is 12.1 Å². The zero-order valence-corrected chi connectivity index (χ0v) is 21.5. The first-order chi connectivity index (χ1) is 19.8. The smallest absolute Gasteiger partial charge is 0.434 e. The molecule has 6 aromatic carbocycles. The molecule has 0 radical (unpaired) electrons. The summed E-state index contributed by atoms with van der Waals surface area (Å²) in [6.07, 6.45) is 0. The van der Waals surface area contributed by atoms with Gasteiger partial charge in [0.25, 0.3) is 0 Å². The highest BCUT2D eigenvalue weighted by molar-refractivity contribution is 6.84. The summed E-state index contributed by atoms with van der Waals surface area (Å²) in [5.74, 6) is 2.59. The van der Waals surface area contributed by atoms with Crippen LogP contribution in [0.4, 0.5) is 0 Å². The fraction of sp³-hybridized carbons (Fsp3) is 0. The zero-order chi connectivity index (χ0) is 26.2. The van der Waals surface area contributed by atoms with E-state index in [9.17, 15) is 0 Å². The second-order valence-corrected chi connectivity index (χ2v) is 10.5. The molecular weight excluding hydrogens is 489 g/mol. The largest absolute Gasteiger partial charge is 0.551 e. The highest BCUT2D eigenvalue weighted by atomic mass is 16.5. The molecule has 0 bridgehead atoms. The number of fused-ring (bicyclic) bond motifs is 7. The lowest BCUT2D eigenvalue weighted by Gasteiger charge is -2.33. The Hall–Kier alpha value is -5.22. The van der Waals surface area contributed by atoms with E-state index in [0.29, 0.717) is 0 Å². The van der Waals surface area contributed by atoms with Crippen molar-refractivity contribution in [1.82, 2.24) is 4.57 Å². The summed E-state index contributed by atoms with van der Waals surface area (Å²) >= 11 is 0. The molecule has 0 N–H and O–H groups in total. The van der Waals surface area contributed by atoms with Gasteiger partial charge in [-0.25, -0.2) is 0 Å². The van der Waals surface area contributed by atoms with Gasteiger partial charge in [-0.3, -0.25) is 0 Å². The summed E-state index contributed by atoms with van der Waals surface area (Å²) in [4.78, 5) is 0. The Kier molecular flexibility index (Phi) is 4.41. The van der Waals surface area contributed by atoms with Gasteiger partial charge in [0.05, 0.1) is 11.0 Å². The number of aromatic nitrogens is 1. The van der Waals surface area contributed by atoms with E-state index in [4.69, 9.17) is 9.39 Å². The average Bonchev–Trinajstić information content (AvgIpc) is 3.36. The van der Waals surface area contributed by atoms with Crippen LogP contribution in [0.5, 0.6) is 17.2 Å². The summed E-state index contributed by atoms with van der Waals surface area (Å²) < 4.78 is 15.6. The predicted molar refractivity (Wildman–Crippen MR) is 164 cm³/mol. The number of hydrogen-bond acceptors (Lipinski definition) is 2. The van der Waals surface area contributed by atoms with Crippen molar-refractivity contribution in [2.24, 2.45) is 0 Å². The van der Waals surface area contributed by atoms with Crippen LogP contribution >= 0.6 is 0 Å². The van der Waals surface area contributed by atoms with E-state index in [0.717, 1.165) is 50.6 Å². The number of para-hydroxylation sites is 2. The molecular formula is C36H22BNO2. The monoisotopic (exact) mass is 511 g/mol. The van der Waals surface area contributed by atoms with Gasteiger partial charge in [0.15, 0.2) is 0 Å². The third-order valence-electron chi connectivity index (χ3n) is 8.28. The average molecular weight is 511 g/mol. The molecule has 0 amide bonds. The normalized spacial score (nSPS) is 12.8. The molecule has 7 aromatic rings. The van der Waals surface area contributed by atoms with Crippen LogP contribution in [0.2, 0.25) is 0 Å². The van der Waals surface area contributed by atoms with E-state index in [-0.39, 0.29) is 6.92 Å². The van der Waals surface area contributed by atoms with Crippen molar-refractivity contribution in [1.29, 1.82) is 0 Å². The van der Waals surface area contributed by atoms with Gasteiger partial charge in [0.2, 0.25) is 0 Å². The van der Waals surface area contributed by atoms with Crippen LogP contribution in [-0.4, -0.2) is 11.5 Å². The third-order valence-corrected chi connectivity index (χ3v) is 8.28. The molecule has 0 fully saturated rings. The molecule has 186 valence electrons. The summed E-state index contributed by atoms with van der Waals surface area (Å²) in [6, 6.07) is 47.0. The quantitative estimate of drug-likeness (QED) is 0.222. The molecule has 0 saturated carbocycles. The molecule has 0 aliphatic carbocycles. The van der Waals surface area contributed by atoms with Crippen LogP contribution in [0, 0.1) is 0 Å². The number of rotatable bonds is 2. The Morgan fingerprint density at radius 2 is 1.23 bits per heavy atom. The predicted octanol–water partition coefficient (Wildman–Crippen LogP) is 7.72. The molecule has 2 aliphatic rings. The lowest BCUT2D eigenvalue weighted by molar-refractivity contribution is 0.479. The second kappa shape index (κ2) is 8.14. The van der Waals surface area contributed by atoms with Gasteiger partial charge in [-0.05, 0) is 59.2 Å². The Morgan fingerprint density at radius 3 is 2.02 bits per heavy atom. The van der Waals surface area contributed by atoms with E-state index >= 15 is 0 Å². The zero-order valence-electron chi connectivity index (χ0n) is 21.5. The summed E-state index contributed by atoms with van der Waals surface area (Å²) in [5.41, 5.74) is 10.2. The minimum Gasteiger partial charge on any atom is -0.551 e. The molecule has 3 heterocycles. The van der Waals surface area contributed by atoms with Gasteiger partial charge in [-0.2, -0.15) is 0 Å². The van der Waals surface area contributed by atoms with Crippen LogP contribution in [0.15, 0.2) is 133 Å². The van der Waals surface area contributed by atoms with Crippen molar-refractivity contribution in [2.45, 2.75) is 0 Å². The van der Waals surface area contributed by atoms with Crippen LogP contribution < -0.4 is 20.3 Å². The van der Waals surface area contributed by atoms with Gasteiger partial charge >= 0.3 is 6.92 Å². The Balaban J connectivity index is 1.23. The minimum atomic E-state index is -0.231. The molecule has 0 unspecified atom stereocenters. The fourth-order valence-corrected chi connectivity index (χ4v) is 6.49. The van der Waals surface area contributed by atoms with E-state index in [1.165, 1.54) is 27.4 Å². The highest BCUT2D eigenvalue weighted by Gasteiger charge is 2.40. The van der Waals surface area contributed by atoms with Crippen LogP contribution in [0.3, 0.4) is 0 Å². The van der Waals surface area contributed by atoms with Gasteiger partial charge < -0.3 is 14.0 Å². The van der Waals surface area contributed by atoms with Gasteiger partial charge in [-0.15, -0.1) is 0 Å². The summed E-state index contributed by atoms with van der Waals surface area (Å²) in [6.45, 7) is -0.231. The molecule has 9 rings (SSSR count). The van der Waals surface area contributed by atoms with Gasteiger partial charge in [0, 0.05) is 32.9 Å². The van der Waals surface area contributed by atoms with Crippen LogP contribution in [-0.2, 0) is 0 Å². The molecule has 0 saturated heterocycles. The first-order valence-electron chi connectivity index (χ1n) is 13.6. The molecule has 40 heavy (non-hydrogen) atoms. The maximum Gasteiger partial charge on any atom is 0.434 e. The molecule has 0 spiro atoms. The van der Waals surface area contributed by atoms with Gasteiger partial charge in [-0.1, -0.05) is 91.0 Å². The lowest BCUT2D eigenvalue weighted by atomic mass is 9.50. The van der Waals surface area contributed by atoms with Crippen molar-refractivity contribution in [3.05, 3.63) is 133 Å². The van der Waals surface area contributed by atoms with E-state index in [2.05, 4.69) is 126 Å². The van der Waals surface area contributed by atoms with Crippen molar-refractivity contribution >= 4 is 39.6 Å². The first-order valence-corrected chi connectivity index (χ1v) is 13.6. The van der Waals surface area contributed by atoms with Crippen LogP contribution in [0.25, 0.3) is 49.7 Å². The van der Waals surface area contributed by atoms with Crippen molar-refractivity contribution in [3.8, 4) is 45.2 Å². The van der Waals surface area contributed by atoms with Crippen molar-refractivity contribution in [3.63, 3.8) is 0 Å². The molecule has 4 heteroatoms. The Bertz CT molecular complexity index is 2080. The Labute approximate surface area is 232 Å². The van der Waals surface area contributed by atoms with Crippen molar-refractivity contribution < 1.29 is 9.39 Å². The second-order valence-electron chi connectivity index (χ2n) is 10.5. The van der Waals surface area contributed by atoms with Gasteiger partial charge in [0.1, 0.15) is 17.2 Å².